The lowest BCUT2D eigenvalue weighted by Gasteiger charge is -2.21. The monoisotopic (exact) mass is 182 g/mol. The van der Waals surface area contributed by atoms with Gasteiger partial charge in [-0.2, -0.15) is 0 Å². The fourth-order valence-corrected chi connectivity index (χ4v) is 2.02. The lowest BCUT2D eigenvalue weighted by molar-refractivity contribution is 0.408. The maximum Gasteiger partial charge on any atom is 0.108 e. The van der Waals surface area contributed by atoms with E-state index in [2.05, 4.69) is 22.2 Å². The zero-order valence-corrected chi connectivity index (χ0v) is 7.84. The van der Waals surface area contributed by atoms with Crippen LogP contribution in [0.2, 0.25) is 0 Å². The molecule has 2 aliphatic rings. The number of rotatable bonds is 1. The lowest BCUT2D eigenvalue weighted by Crippen LogP contribution is -2.47. The van der Waals surface area contributed by atoms with E-state index in [4.69, 9.17) is 5.73 Å². The first-order valence-electron chi connectivity index (χ1n) is 5.08. The van der Waals surface area contributed by atoms with Gasteiger partial charge in [0, 0.05) is 6.04 Å². The Kier molecular flexibility index (Phi) is 2.71. The molecular formula is C9H18N4. The van der Waals surface area contributed by atoms with Gasteiger partial charge in [-0.15, -0.1) is 0 Å². The molecule has 4 heteroatoms. The van der Waals surface area contributed by atoms with Gasteiger partial charge in [-0.3, -0.25) is 0 Å². The molecule has 2 aliphatic heterocycles. The number of hydrogen-bond acceptors (Lipinski definition) is 4. The molecule has 2 atom stereocenters. The quantitative estimate of drug-likeness (QED) is 0.453. The molecule has 0 aromatic heterocycles. The summed E-state index contributed by atoms with van der Waals surface area (Å²) in [6, 6.07) is 0.897. The first-order valence-corrected chi connectivity index (χ1v) is 5.08. The van der Waals surface area contributed by atoms with Gasteiger partial charge in [0.05, 0.1) is 6.04 Å². The third-order valence-electron chi connectivity index (χ3n) is 2.77. The van der Waals surface area contributed by atoms with E-state index in [9.17, 15) is 0 Å². The molecule has 1 saturated heterocycles. The van der Waals surface area contributed by atoms with Gasteiger partial charge >= 0.3 is 0 Å². The standard InChI is InChI=1S/C9H18N4/c10-9-6-8(12-13-9)7-4-2-1-3-5-11-7/h6-8,11-13H,1-5,10H2. The molecular weight excluding hydrogens is 164 g/mol. The Labute approximate surface area is 78.9 Å². The van der Waals surface area contributed by atoms with Crippen LogP contribution in [0.4, 0.5) is 0 Å². The van der Waals surface area contributed by atoms with Crippen LogP contribution >= 0.6 is 0 Å². The molecule has 0 aliphatic carbocycles. The topological polar surface area (TPSA) is 62.1 Å². The minimum Gasteiger partial charge on any atom is -0.385 e. The van der Waals surface area contributed by atoms with Crippen molar-refractivity contribution in [2.75, 3.05) is 6.54 Å². The first kappa shape index (κ1) is 8.84. The van der Waals surface area contributed by atoms with E-state index >= 15 is 0 Å². The Morgan fingerprint density at radius 3 is 3.00 bits per heavy atom. The highest BCUT2D eigenvalue weighted by Gasteiger charge is 2.23. The Hall–Kier alpha value is -0.740. The summed E-state index contributed by atoms with van der Waals surface area (Å²) in [6.07, 6.45) is 7.27. The third-order valence-corrected chi connectivity index (χ3v) is 2.77. The number of hydrazine groups is 1. The van der Waals surface area contributed by atoms with Crippen molar-refractivity contribution in [3.8, 4) is 0 Å². The van der Waals surface area contributed by atoms with Crippen LogP contribution in [0.3, 0.4) is 0 Å². The molecule has 0 amide bonds. The van der Waals surface area contributed by atoms with E-state index < -0.39 is 0 Å². The van der Waals surface area contributed by atoms with E-state index in [0.29, 0.717) is 12.1 Å². The van der Waals surface area contributed by atoms with Crippen LogP contribution in [-0.2, 0) is 0 Å². The summed E-state index contributed by atoms with van der Waals surface area (Å²) in [7, 11) is 0. The maximum atomic E-state index is 5.63. The Bertz CT molecular complexity index is 194. The van der Waals surface area contributed by atoms with Crippen molar-refractivity contribution in [2.24, 2.45) is 5.73 Å². The van der Waals surface area contributed by atoms with Crippen molar-refractivity contribution in [2.45, 2.75) is 37.8 Å². The number of hydrogen-bond donors (Lipinski definition) is 4. The summed E-state index contributed by atoms with van der Waals surface area (Å²) in [5, 5.41) is 3.54. The summed E-state index contributed by atoms with van der Waals surface area (Å²) in [4.78, 5) is 0. The van der Waals surface area contributed by atoms with E-state index in [1.807, 2.05) is 0 Å². The SMILES string of the molecule is NC1=CC(C2CCCCCN2)NN1. The molecule has 0 bridgehead atoms. The second-order valence-corrected chi connectivity index (χ2v) is 3.83. The van der Waals surface area contributed by atoms with Crippen molar-refractivity contribution in [3.63, 3.8) is 0 Å². The molecule has 13 heavy (non-hydrogen) atoms. The highest BCUT2D eigenvalue weighted by Crippen LogP contribution is 2.13. The van der Waals surface area contributed by atoms with Gasteiger partial charge in [0.2, 0.25) is 0 Å². The summed E-state index contributed by atoms with van der Waals surface area (Å²) >= 11 is 0. The molecule has 2 heterocycles. The molecule has 0 spiro atoms. The fraction of sp³-hybridized carbons (Fsp3) is 0.778. The van der Waals surface area contributed by atoms with Crippen LogP contribution in [0, 0.1) is 0 Å². The molecule has 0 aromatic carbocycles. The predicted octanol–water partition coefficient (Wildman–Crippen LogP) is -0.205. The lowest BCUT2D eigenvalue weighted by atomic mass is 10.0. The highest BCUT2D eigenvalue weighted by atomic mass is 15.4. The van der Waals surface area contributed by atoms with Gasteiger partial charge in [-0.1, -0.05) is 12.8 Å². The van der Waals surface area contributed by atoms with Crippen molar-refractivity contribution in [1.82, 2.24) is 16.2 Å². The zero-order chi connectivity index (χ0) is 9.10. The first-order chi connectivity index (χ1) is 6.36. The van der Waals surface area contributed by atoms with Crippen LogP contribution in [-0.4, -0.2) is 18.6 Å². The van der Waals surface area contributed by atoms with Crippen molar-refractivity contribution >= 4 is 0 Å². The van der Waals surface area contributed by atoms with Gasteiger partial charge in [-0.05, 0) is 25.5 Å². The third kappa shape index (κ3) is 2.14. The van der Waals surface area contributed by atoms with Crippen LogP contribution < -0.4 is 21.9 Å². The average molecular weight is 182 g/mol. The van der Waals surface area contributed by atoms with Crippen LogP contribution in [0.1, 0.15) is 25.7 Å². The Morgan fingerprint density at radius 2 is 2.23 bits per heavy atom. The number of nitrogens with one attached hydrogen (secondary N) is 3. The van der Waals surface area contributed by atoms with E-state index in [-0.39, 0.29) is 0 Å². The Morgan fingerprint density at radius 1 is 1.31 bits per heavy atom. The summed E-state index contributed by atoms with van der Waals surface area (Å²) in [5.74, 6) is 0.746. The van der Waals surface area contributed by atoms with E-state index in [1.165, 1.54) is 25.7 Å². The molecule has 2 unspecified atom stereocenters. The van der Waals surface area contributed by atoms with Gasteiger partial charge < -0.3 is 16.5 Å². The summed E-state index contributed by atoms with van der Waals surface area (Å²) in [6.45, 7) is 1.14. The summed E-state index contributed by atoms with van der Waals surface area (Å²) in [5.41, 5.74) is 11.7. The molecule has 5 N–H and O–H groups in total. The average Bonchev–Trinajstić information content (AvgIpc) is 2.43. The molecule has 4 nitrogen and oxygen atoms in total. The predicted molar refractivity (Wildman–Crippen MR) is 52.6 cm³/mol. The molecule has 0 aromatic rings. The van der Waals surface area contributed by atoms with Gasteiger partial charge in [0.1, 0.15) is 5.82 Å². The Balaban J connectivity index is 1.91. The van der Waals surface area contributed by atoms with Crippen molar-refractivity contribution in [3.05, 3.63) is 11.9 Å². The second kappa shape index (κ2) is 3.98. The summed E-state index contributed by atoms with van der Waals surface area (Å²) < 4.78 is 0. The van der Waals surface area contributed by atoms with Gasteiger partial charge in [0.15, 0.2) is 0 Å². The minimum atomic E-state index is 0.359. The van der Waals surface area contributed by atoms with Crippen LogP contribution in [0.25, 0.3) is 0 Å². The van der Waals surface area contributed by atoms with Crippen LogP contribution in [0.15, 0.2) is 11.9 Å². The molecule has 2 rings (SSSR count). The minimum absolute atomic E-state index is 0.359. The molecule has 1 fully saturated rings. The fourth-order valence-electron chi connectivity index (χ4n) is 2.02. The largest absolute Gasteiger partial charge is 0.385 e. The highest BCUT2D eigenvalue weighted by molar-refractivity contribution is 5.10. The molecule has 74 valence electrons. The van der Waals surface area contributed by atoms with Crippen LogP contribution in [0.5, 0.6) is 0 Å². The maximum absolute atomic E-state index is 5.63. The van der Waals surface area contributed by atoms with Crippen molar-refractivity contribution < 1.29 is 0 Å². The molecule has 0 radical (unpaired) electrons. The van der Waals surface area contributed by atoms with Crippen molar-refractivity contribution in [1.29, 1.82) is 0 Å². The smallest absolute Gasteiger partial charge is 0.108 e. The zero-order valence-electron chi connectivity index (χ0n) is 7.84. The molecule has 0 saturated carbocycles. The number of nitrogens with two attached hydrogens (primary N) is 1. The second-order valence-electron chi connectivity index (χ2n) is 3.83. The van der Waals surface area contributed by atoms with E-state index in [0.717, 1.165) is 12.4 Å². The van der Waals surface area contributed by atoms with Gasteiger partial charge in [-0.25, -0.2) is 5.43 Å². The normalized spacial score (nSPS) is 34.9. The van der Waals surface area contributed by atoms with E-state index in [1.54, 1.807) is 0 Å². The van der Waals surface area contributed by atoms with Gasteiger partial charge in [0.25, 0.3) is 0 Å².